The van der Waals surface area contributed by atoms with Crippen LogP contribution in [0.3, 0.4) is 0 Å². The van der Waals surface area contributed by atoms with Crippen molar-refractivity contribution in [1.29, 1.82) is 0 Å². The second kappa shape index (κ2) is 3.79. The van der Waals surface area contributed by atoms with E-state index in [1.165, 1.54) is 0 Å². The van der Waals surface area contributed by atoms with Crippen LogP contribution in [0, 0.1) is 5.92 Å². The van der Waals surface area contributed by atoms with Crippen molar-refractivity contribution in [2.24, 2.45) is 5.92 Å². The van der Waals surface area contributed by atoms with Crippen LogP contribution in [0.1, 0.15) is 12.1 Å². The first kappa shape index (κ1) is 9.21. The molecule has 0 bridgehead atoms. The number of nitrogens with zero attached hydrogens (tertiary/aromatic N) is 2. The maximum Gasteiger partial charge on any atom is 0.166 e. The van der Waals surface area contributed by atoms with Gasteiger partial charge in [-0.2, -0.15) is 0 Å². The summed E-state index contributed by atoms with van der Waals surface area (Å²) in [5.74, 6) is 1.17. The van der Waals surface area contributed by atoms with Crippen molar-refractivity contribution in [3.8, 4) is 0 Å². The molecule has 5 nitrogen and oxygen atoms in total. The second-order valence-corrected chi connectivity index (χ2v) is 3.57. The molecule has 0 amide bonds. The van der Waals surface area contributed by atoms with Crippen molar-refractivity contribution in [2.45, 2.75) is 12.8 Å². The van der Waals surface area contributed by atoms with E-state index in [0.717, 1.165) is 31.7 Å². The van der Waals surface area contributed by atoms with E-state index in [9.17, 15) is 0 Å². The normalized spacial score (nSPS) is 21.3. The zero-order valence-electron chi connectivity index (χ0n) is 7.94. The molecule has 5 heteroatoms. The number of hydrogen-bond acceptors (Lipinski definition) is 5. The smallest absolute Gasteiger partial charge is 0.166 e. The van der Waals surface area contributed by atoms with Gasteiger partial charge < -0.3 is 16.2 Å². The van der Waals surface area contributed by atoms with E-state index in [1.54, 1.807) is 6.20 Å². The van der Waals surface area contributed by atoms with Crippen LogP contribution in [0.2, 0.25) is 0 Å². The number of anilines is 2. The Hall–Kier alpha value is -1.36. The molecular weight excluding hydrogens is 180 g/mol. The lowest BCUT2D eigenvalue weighted by atomic mass is 10.0. The van der Waals surface area contributed by atoms with Gasteiger partial charge in [-0.25, -0.2) is 9.97 Å². The van der Waals surface area contributed by atoms with Crippen molar-refractivity contribution in [3.63, 3.8) is 0 Å². The van der Waals surface area contributed by atoms with Crippen LogP contribution in [0.15, 0.2) is 6.20 Å². The first-order valence-corrected chi connectivity index (χ1v) is 4.70. The molecule has 76 valence electrons. The maximum atomic E-state index is 5.57. The summed E-state index contributed by atoms with van der Waals surface area (Å²) >= 11 is 0. The quantitative estimate of drug-likeness (QED) is 0.703. The summed E-state index contributed by atoms with van der Waals surface area (Å²) in [4.78, 5) is 8.14. The van der Waals surface area contributed by atoms with Crippen LogP contribution in [0.5, 0.6) is 0 Å². The third-order valence-electron chi connectivity index (χ3n) is 2.40. The van der Waals surface area contributed by atoms with E-state index in [2.05, 4.69) is 9.97 Å². The number of nitrogens with two attached hydrogens (primary N) is 2. The van der Waals surface area contributed by atoms with Crippen molar-refractivity contribution in [3.05, 3.63) is 11.9 Å². The van der Waals surface area contributed by atoms with Gasteiger partial charge in [-0.05, 0) is 18.8 Å². The minimum Gasteiger partial charge on any atom is -0.381 e. The molecule has 1 aromatic heterocycles. The molecule has 14 heavy (non-hydrogen) atoms. The summed E-state index contributed by atoms with van der Waals surface area (Å²) in [5.41, 5.74) is 11.9. The lowest BCUT2D eigenvalue weighted by Crippen LogP contribution is -2.08. The highest BCUT2D eigenvalue weighted by Gasteiger charge is 2.17. The van der Waals surface area contributed by atoms with E-state index < -0.39 is 0 Å². The number of aromatic nitrogens is 2. The molecule has 0 spiro atoms. The van der Waals surface area contributed by atoms with Crippen LogP contribution in [0.25, 0.3) is 0 Å². The average molecular weight is 194 g/mol. The predicted molar refractivity (Wildman–Crippen MR) is 53.5 cm³/mol. The summed E-state index contributed by atoms with van der Waals surface area (Å²) in [7, 11) is 0. The van der Waals surface area contributed by atoms with Gasteiger partial charge in [-0.3, -0.25) is 0 Å². The van der Waals surface area contributed by atoms with Crippen LogP contribution in [-0.2, 0) is 11.2 Å². The van der Waals surface area contributed by atoms with Gasteiger partial charge in [0.1, 0.15) is 0 Å². The van der Waals surface area contributed by atoms with E-state index in [4.69, 9.17) is 16.2 Å². The summed E-state index contributed by atoms with van der Waals surface area (Å²) in [6.07, 6.45) is 3.65. The van der Waals surface area contributed by atoms with Crippen molar-refractivity contribution in [2.75, 3.05) is 24.7 Å². The van der Waals surface area contributed by atoms with Crippen LogP contribution in [0.4, 0.5) is 11.6 Å². The predicted octanol–water partition coefficient (Wildman–Crippen LogP) is 0.220. The molecule has 1 unspecified atom stereocenters. The van der Waals surface area contributed by atoms with Gasteiger partial charge in [0.05, 0.1) is 11.9 Å². The molecule has 0 saturated carbocycles. The molecule has 4 N–H and O–H groups in total. The SMILES string of the molecule is Nc1ncc(CC2CCOC2)nc1N. The zero-order valence-corrected chi connectivity index (χ0v) is 7.94. The highest BCUT2D eigenvalue weighted by molar-refractivity contribution is 5.51. The molecule has 0 aromatic carbocycles. The second-order valence-electron chi connectivity index (χ2n) is 3.57. The molecular formula is C9H14N4O. The van der Waals surface area contributed by atoms with Crippen molar-refractivity contribution >= 4 is 11.6 Å². The van der Waals surface area contributed by atoms with Gasteiger partial charge in [0.15, 0.2) is 11.6 Å². The highest BCUT2D eigenvalue weighted by atomic mass is 16.5. The molecule has 2 heterocycles. The van der Waals surface area contributed by atoms with Crippen molar-refractivity contribution < 1.29 is 4.74 Å². The van der Waals surface area contributed by atoms with E-state index in [-0.39, 0.29) is 0 Å². The number of nitrogen functional groups attached to an aromatic ring is 2. The first-order chi connectivity index (χ1) is 6.75. The average Bonchev–Trinajstić information content (AvgIpc) is 2.64. The maximum absolute atomic E-state index is 5.57. The van der Waals surface area contributed by atoms with Crippen LogP contribution in [-0.4, -0.2) is 23.2 Å². The third-order valence-corrected chi connectivity index (χ3v) is 2.40. The summed E-state index contributed by atoms with van der Waals surface area (Å²) < 4.78 is 5.28. The Morgan fingerprint density at radius 1 is 1.43 bits per heavy atom. The largest absolute Gasteiger partial charge is 0.381 e. The fourth-order valence-corrected chi connectivity index (χ4v) is 1.59. The van der Waals surface area contributed by atoms with Crippen LogP contribution >= 0.6 is 0 Å². The lowest BCUT2D eigenvalue weighted by molar-refractivity contribution is 0.185. The number of ether oxygens (including phenoxy) is 1. The van der Waals surface area contributed by atoms with E-state index >= 15 is 0 Å². The summed E-state index contributed by atoms with van der Waals surface area (Å²) in [6, 6.07) is 0. The minimum atomic E-state index is 0.302. The van der Waals surface area contributed by atoms with E-state index in [1.807, 2.05) is 0 Å². The molecule has 0 aliphatic carbocycles. The highest BCUT2D eigenvalue weighted by Crippen LogP contribution is 2.18. The van der Waals surface area contributed by atoms with E-state index in [0.29, 0.717) is 17.6 Å². The Bertz CT molecular complexity index is 323. The fraction of sp³-hybridized carbons (Fsp3) is 0.556. The van der Waals surface area contributed by atoms with Gasteiger partial charge in [-0.15, -0.1) is 0 Å². The Morgan fingerprint density at radius 2 is 2.29 bits per heavy atom. The summed E-state index contributed by atoms with van der Waals surface area (Å²) in [5, 5.41) is 0. The Kier molecular flexibility index (Phi) is 2.49. The fourth-order valence-electron chi connectivity index (χ4n) is 1.59. The Morgan fingerprint density at radius 3 is 2.93 bits per heavy atom. The number of hydrogen-bond donors (Lipinski definition) is 2. The topological polar surface area (TPSA) is 87.0 Å². The minimum absolute atomic E-state index is 0.302. The summed E-state index contributed by atoms with van der Waals surface area (Å²) in [6.45, 7) is 1.66. The molecule has 2 rings (SSSR count). The molecule has 1 saturated heterocycles. The van der Waals surface area contributed by atoms with Gasteiger partial charge in [-0.1, -0.05) is 0 Å². The number of rotatable bonds is 2. The van der Waals surface area contributed by atoms with Gasteiger partial charge in [0.2, 0.25) is 0 Å². The first-order valence-electron chi connectivity index (χ1n) is 4.70. The molecule has 0 radical (unpaired) electrons. The Balaban J connectivity index is 2.05. The van der Waals surface area contributed by atoms with Gasteiger partial charge in [0, 0.05) is 13.2 Å². The molecule has 1 atom stereocenters. The lowest BCUT2D eigenvalue weighted by Gasteiger charge is -2.07. The molecule has 1 aromatic rings. The van der Waals surface area contributed by atoms with Gasteiger partial charge in [0.25, 0.3) is 0 Å². The van der Waals surface area contributed by atoms with Gasteiger partial charge >= 0.3 is 0 Å². The molecule has 1 aliphatic heterocycles. The third kappa shape index (κ3) is 1.93. The zero-order chi connectivity index (χ0) is 9.97. The monoisotopic (exact) mass is 194 g/mol. The Labute approximate surface area is 82.5 Å². The molecule has 1 fully saturated rings. The standard InChI is InChI=1S/C9H14N4O/c10-8-9(11)13-7(4-12-8)3-6-1-2-14-5-6/h4,6H,1-3,5H2,(H2,10,12)(H2,11,13). The van der Waals surface area contributed by atoms with Crippen LogP contribution < -0.4 is 11.5 Å². The van der Waals surface area contributed by atoms with Crippen molar-refractivity contribution in [1.82, 2.24) is 9.97 Å². The molecule has 1 aliphatic rings.